The van der Waals surface area contributed by atoms with E-state index in [2.05, 4.69) is 38.2 Å². The van der Waals surface area contributed by atoms with Gasteiger partial charge in [-0.05, 0) is 41.6 Å². The molecule has 1 N–H and O–H groups in total. The number of nitrogens with zero attached hydrogens (tertiary/aromatic N) is 2. The van der Waals surface area contributed by atoms with E-state index >= 15 is 0 Å². The number of aromatic nitrogens is 2. The summed E-state index contributed by atoms with van der Waals surface area (Å²) in [6, 6.07) is 0. The molecule has 102 valence electrons. The van der Waals surface area contributed by atoms with Crippen molar-refractivity contribution in [1.82, 2.24) is 9.78 Å². The van der Waals surface area contributed by atoms with E-state index in [0.29, 0.717) is 22.6 Å². The fourth-order valence-corrected chi connectivity index (χ4v) is 2.45. The zero-order valence-corrected chi connectivity index (χ0v) is 12.7. The maximum atomic E-state index is 12.3. The Morgan fingerprint density at radius 2 is 2.37 bits per heavy atom. The second-order valence-electron chi connectivity index (χ2n) is 4.76. The van der Waals surface area contributed by atoms with Gasteiger partial charge in [-0.2, -0.15) is 5.10 Å². The van der Waals surface area contributed by atoms with Crippen molar-refractivity contribution in [2.45, 2.75) is 39.2 Å². The molecule has 0 aliphatic heterocycles. The van der Waals surface area contributed by atoms with Crippen LogP contribution in [0.4, 0.5) is 5.69 Å². The predicted octanol–water partition coefficient (Wildman–Crippen LogP) is 2.63. The summed E-state index contributed by atoms with van der Waals surface area (Å²) in [4.78, 5) is 12.3. The molecule has 0 atom stereocenters. The molecule has 1 aliphatic rings. The average Bonchev–Trinajstić information content (AvgIpc) is 2.35. The van der Waals surface area contributed by atoms with Gasteiger partial charge in [0.25, 0.3) is 5.56 Å². The Morgan fingerprint density at radius 3 is 3.00 bits per heavy atom. The molecule has 0 unspecified atom stereocenters. The normalized spacial score (nSPS) is 14.4. The zero-order chi connectivity index (χ0) is 13.7. The van der Waals surface area contributed by atoms with Crippen molar-refractivity contribution >= 4 is 21.6 Å². The summed E-state index contributed by atoms with van der Waals surface area (Å²) in [5.41, 5.74) is 0.540. The third kappa shape index (κ3) is 3.60. The van der Waals surface area contributed by atoms with E-state index in [0.717, 1.165) is 13.0 Å². The average molecular weight is 324 g/mol. The zero-order valence-electron chi connectivity index (χ0n) is 11.1. The fraction of sp³-hybridized carbons (Fsp3) is 0.571. The Bertz CT molecular complexity index is 552. The van der Waals surface area contributed by atoms with Gasteiger partial charge in [0.05, 0.1) is 10.7 Å². The first kappa shape index (κ1) is 14.1. The molecule has 19 heavy (non-hydrogen) atoms. The Balaban J connectivity index is 2.08. The maximum Gasteiger partial charge on any atom is 0.291 e. The molecule has 4 nitrogen and oxygen atoms in total. The summed E-state index contributed by atoms with van der Waals surface area (Å²) in [6.45, 7) is 3.21. The van der Waals surface area contributed by atoms with Crippen LogP contribution in [0.5, 0.6) is 0 Å². The van der Waals surface area contributed by atoms with E-state index in [1.165, 1.54) is 19.3 Å². The van der Waals surface area contributed by atoms with Gasteiger partial charge in [-0.3, -0.25) is 4.79 Å². The van der Waals surface area contributed by atoms with E-state index in [1.807, 2.05) is 6.92 Å². The summed E-state index contributed by atoms with van der Waals surface area (Å²) >= 11 is 3.37. The molecule has 0 spiro atoms. The first-order valence-corrected chi connectivity index (χ1v) is 7.40. The Kier molecular flexibility index (Phi) is 5.03. The van der Waals surface area contributed by atoms with Crippen molar-refractivity contribution < 1.29 is 0 Å². The quantitative estimate of drug-likeness (QED) is 0.669. The first-order chi connectivity index (χ1) is 9.22. The lowest BCUT2D eigenvalue weighted by atomic mass is 9.85. The van der Waals surface area contributed by atoms with Crippen molar-refractivity contribution in [3.05, 3.63) is 21.0 Å². The van der Waals surface area contributed by atoms with Crippen LogP contribution in [0.15, 0.2) is 15.5 Å². The van der Waals surface area contributed by atoms with Crippen molar-refractivity contribution in [3.63, 3.8) is 0 Å². The minimum Gasteiger partial charge on any atom is -0.379 e. The van der Waals surface area contributed by atoms with Gasteiger partial charge in [0.1, 0.15) is 5.69 Å². The van der Waals surface area contributed by atoms with Crippen LogP contribution < -0.4 is 10.9 Å². The highest BCUT2D eigenvalue weighted by Crippen LogP contribution is 2.27. The minimum atomic E-state index is -0.0502. The molecule has 5 heteroatoms. The van der Waals surface area contributed by atoms with Gasteiger partial charge >= 0.3 is 0 Å². The summed E-state index contributed by atoms with van der Waals surface area (Å²) < 4.78 is 2.29. The molecule has 1 aliphatic carbocycles. The minimum absolute atomic E-state index is 0.0502. The van der Waals surface area contributed by atoms with Crippen LogP contribution in [0.1, 0.15) is 32.6 Å². The Morgan fingerprint density at radius 1 is 1.58 bits per heavy atom. The first-order valence-electron chi connectivity index (χ1n) is 6.61. The van der Waals surface area contributed by atoms with Crippen molar-refractivity contribution in [2.24, 2.45) is 5.92 Å². The number of hydrogen-bond acceptors (Lipinski definition) is 3. The molecular weight excluding hydrogens is 306 g/mol. The molecule has 0 saturated heterocycles. The third-order valence-corrected chi connectivity index (χ3v) is 3.98. The smallest absolute Gasteiger partial charge is 0.291 e. The molecule has 0 bridgehead atoms. The van der Waals surface area contributed by atoms with Crippen LogP contribution in [0.3, 0.4) is 0 Å². The monoisotopic (exact) mass is 323 g/mol. The van der Waals surface area contributed by atoms with Crippen LogP contribution in [0, 0.1) is 17.8 Å². The molecule has 2 rings (SSSR count). The van der Waals surface area contributed by atoms with Crippen molar-refractivity contribution in [3.8, 4) is 11.8 Å². The van der Waals surface area contributed by atoms with Gasteiger partial charge in [-0.15, -0.1) is 11.8 Å². The fourth-order valence-electron chi connectivity index (χ4n) is 2.05. The molecule has 0 aromatic carbocycles. The van der Waals surface area contributed by atoms with E-state index in [9.17, 15) is 4.79 Å². The lowest BCUT2D eigenvalue weighted by molar-refractivity contribution is 0.262. The van der Waals surface area contributed by atoms with Crippen LogP contribution in [-0.4, -0.2) is 16.3 Å². The summed E-state index contributed by atoms with van der Waals surface area (Å²) in [7, 11) is 0. The highest BCUT2D eigenvalue weighted by Gasteiger charge is 2.20. The molecule has 1 aromatic rings. The second-order valence-corrected chi connectivity index (χ2v) is 5.61. The Labute approximate surface area is 121 Å². The number of anilines is 1. The largest absolute Gasteiger partial charge is 0.379 e. The van der Waals surface area contributed by atoms with Crippen LogP contribution >= 0.6 is 15.9 Å². The molecule has 1 saturated carbocycles. The van der Waals surface area contributed by atoms with Gasteiger partial charge in [0.15, 0.2) is 0 Å². The lowest BCUT2D eigenvalue weighted by Crippen LogP contribution is -2.31. The van der Waals surface area contributed by atoms with Gasteiger partial charge < -0.3 is 5.32 Å². The van der Waals surface area contributed by atoms with Gasteiger partial charge in [-0.25, -0.2) is 4.68 Å². The standard InChI is InChI=1S/C14H18BrN3O/c1-2-3-4-8-16-13-12(15)9-17-18(14(13)19)10-11-6-5-7-11/h9,11,16H,4-8,10H2,1H3. The molecule has 1 aromatic heterocycles. The predicted molar refractivity (Wildman–Crippen MR) is 80.1 cm³/mol. The van der Waals surface area contributed by atoms with E-state index in [4.69, 9.17) is 0 Å². The van der Waals surface area contributed by atoms with E-state index in [1.54, 1.807) is 10.9 Å². The van der Waals surface area contributed by atoms with E-state index in [-0.39, 0.29) is 5.56 Å². The number of hydrogen-bond donors (Lipinski definition) is 1. The van der Waals surface area contributed by atoms with Crippen molar-refractivity contribution in [1.29, 1.82) is 0 Å². The van der Waals surface area contributed by atoms with Gasteiger partial charge in [0.2, 0.25) is 0 Å². The highest BCUT2D eigenvalue weighted by atomic mass is 79.9. The maximum absolute atomic E-state index is 12.3. The lowest BCUT2D eigenvalue weighted by Gasteiger charge is -2.25. The SMILES string of the molecule is CC#CCCNc1c(Br)cnn(CC2CCC2)c1=O. The summed E-state index contributed by atoms with van der Waals surface area (Å²) in [5, 5.41) is 7.34. The van der Waals surface area contributed by atoms with Gasteiger partial charge in [0, 0.05) is 19.5 Å². The van der Waals surface area contributed by atoms with Crippen LogP contribution in [0.2, 0.25) is 0 Å². The highest BCUT2D eigenvalue weighted by molar-refractivity contribution is 9.10. The summed E-state index contributed by atoms with van der Waals surface area (Å²) in [5.74, 6) is 6.42. The van der Waals surface area contributed by atoms with Crippen LogP contribution in [0.25, 0.3) is 0 Å². The topological polar surface area (TPSA) is 46.9 Å². The third-order valence-electron chi connectivity index (χ3n) is 3.38. The van der Waals surface area contributed by atoms with Crippen LogP contribution in [-0.2, 0) is 6.54 Å². The van der Waals surface area contributed by atoms with Crippen molar-refractivity contribution in [2.75, 3.05) is 11.9 Å². The second kappa shape index (κ2) is 6.76. The number of halogens is 1. The molecular formula is C14H18BrN3O. The summed E-state index contributed by atoms with van der Waals surface area (Å²) in [6.07, 6.45) is 6.11. The molecule has 0 radical (unpaired) electrons. The van der Waals surface area contributed by atoms with Gasteiger partial charge in [-0.1, -0.05) is 6.42 Å². The van der Waals surface area contributed by atoms with E-state index < -0.39 is 0 Å². The molecule has 0 amide bonds. The Hall–Kier alpha value is -1.28. The molecule has 1 heterocycles. The molecule has 1 fully saturated rings. The number of nitrogens with one attached hydrogen (secondary N) is 1. The number of rotatable bonds is 5.